The molecule has 2 heterocycles. The van der Waals surface area contributed by atoms with Crippen LogP contribution in [-0.2, 0) is 20.9 Å². The third-order valence-corrected chi connectivity index (χ3v) is 7.97. The normalized spacial score (nSPS) is 19.0. The monoisotopic (exact) mass is 537 g/mol. The molecule has 0 saturated heterocycles. The van der Waals surface area contributed by atoms with Crippen molar-refractivity contribution >= 4 is 57.8 Å². The Kier molecular flexibility index (Phi) is 7.90. The number of nitrogens with zero attached hydrogens (tertiary/aromatic N) is 3. The van der Waals surface area contributed by atoms with Crippen LogP contribution in [0.25, 0.3) is 0 Å². The van der Waals surface area contributed by atoms with Gasteiger partial charge in [0, 0.05) is 23.2 Å². The van der Waals surface area contributed by atoms with Crippen LogP contribution in [0.15, 0.2) is 58.5 Å². The van der Waals surface area contributed by atoms with Crippen molar-refractivity contribution in [3.8, 4) is 0 Å². The lowest BCUT2D eigenvalue weighted by molar-refractivity contribution is -0.129. The molecule has 3 amide bonds. The molecule has 0 bridgehead atoms. The standard InChI is InChI=1S/C27H28ClN5O3S/c28-20-12-6-4-8-17(20)15-29-24(35)16-37-27-32-21-13-7-5-11-19(21)25-31-22(26(36)33(25)27)14-23(34)30-18-9-2-1-3-10-18/h4-8,11-13,18,22H,1-3,9-10,14-16H2,(H,29,35)(H,30,34)/t22-/m1/s1. The number of thioether (sulfide) groups is 1. The fraction of sp³-hybridized carbons (Fsp3) is 0.370. The summed E-state index contributed by atoms with van der Waals surface area (Å²) < 4.78 is 0. The molecule has 0 radical (unpaired) electrons. The number of rotatable bonds is 7. The van der Waals surface area contributed by atoms with Gasteiger partial charge in [0.05, 0.1) is 17.9 Å². The third-order valence-electron chi connectivity index (χ3n) is 6.66. The van der Waals surface area contributed by atoms with E-state index in [-0.39, 0.29) is 35.9 Å². The molecule has 1 fully saturated rings. The highest BCUT2D eigenvalue weighted by Crippen LogP contribution is 2.34. The lowest BCUT2D eigenvalue weighted by Crippen LogP contribution is -2.43. The van der Waals surface area contributed by atoms with Gasteiger partial charge in [-0.05, 0) is 36.6 Å². The summed E-state index contributed by atoms with van der Waals surface area (Å²) in [6.07, 6.45) is 5.38. The van der Waals surface area contributed by atoms with Crippen molar-refractivity contribution in [2.75, 3.05) is 5.75 Å². The Balaban J connectivity index is 1.26. The van der Waals surface area contributed by atoms with Crippen LogP contribution in [0, 0.1) is 0 Å². The van der Waals surface area contributed by atoms with Crippen molar-refractivity contribution in [3.63, 3.8) is 0 Å². The second kappa shape index (κ2) is 11.5. The molecule has 1 saturated carbocycles. The molecular formula is C27H28ClN5O3S. The van der Waals surface area contributed by atoms with Gasteiger partial charge in [0.25, 0.3) is 5.91 Å². The number of benzene rings is 2. The van der Waals surface area contributed by atoms with E-state index in [1.165, 1.54) is 23.1 Å². The summed E-state index contributed by atoms with van der Waals surface area (Å²) in [5.41, 5.74) is 2.24. The van der Waals surface area contributed by atoms with Crippen LogP contribution < -0.4 is 10.6 Å². The van der Waals surface area contributed by atoms with Crippen LogP contribution in [0.2, 0.25) is 5.02 Å². The van der Waals surface area contributed by atoms with Gasteiger partial charge < -0.3 is 10.6 Å². The number of carbonyl (C=O) groups excluding carboxylic acids is 3. The second-order valence-electron chi connectivity index (χ2n) is 9.32. The fourth-order valence-electron chi connectivity index (χ4n) is 4.76. The van der Waals surface area contributed by atoms with Crippen LogP contribution in [0.1, 0.15) is 49.7 Å². The van der Waals surface area contributed by atoms with Crippen LogP contribution in [-0.4, -0.2) is 51.5 Å². The first-order valence-electron chi connectivity index (χ1n) is 12.5. The van der Waals surface area contributed by atoms with Gasteiger partial charge in [-0.25, -0.2) is 9.89 Å². The average Bonchev–Trinajstić information content (AvgIpc) is 3.23. The van der Waals surface area contributed by atoms with Crippen molar-refractivity contribution in [2.45, 2.75) is 57.2 Å². The largest absolute Gasteiger partial charge is 0.353 e. The Morgan fingerprint density at radius 2 is 1.78 bits per heavy atom. The van der Waals surface area contributed by atoms with E-state index in [2.05, 4.69) is 20.6 Å². The average molecular weight is 538 g/mol. The summed E-state index contributed by atoms with van der Waals surface area (Å²) in [6, 6.07) is 14.1. The highest BCUT2D eigenvalue weighted by molar-refractivity contribution is 8.14. The molecule has 3 aliphatic rings. The van der Waals surface area contributed by atoms with E-state index >= 15 is 0 Å². The molecule has 1 aliphatic carbocycles. The smallest absolute Gasteiger partial charge is 0.259 e. The number of aliphatic imine (C=N–C) groups is 2. The maximum absolute atomic E-state index is 13.4. The number of fused-ring (bicyclic) bond motifs is 3. The van der Waals surface area contributed by atoms with E-state index in [1.807, 2.05) is 42.5 Å². The lowest BCUT2D eigenvalue weighted by Gasteiger charge is -2.25. The van der Waals surface area contributed by atoms with Gasteiger partial charge >= 0.3 is 0 Å². The zero-order valence-corrected chi connectivity index (χ0v) is 21.9. The fourth-order valence-corrected chi connectivity index (χ4v) is 5.79. The number of hydrogen-bond donors (Lipinski definition) is 2. The Hall–Kier alpha value is -3.17. The van der Waals surface area contributed by atoms with E-state index in [9.17, 15) is 14.4 Å². The molecule has 192 valence electrons. The van der Waals surface area contributed by atoms with E-state index in [4.69, 9.17) is 11.6 Å². The first-order chi connectivity index (χ1) is 18.0. The van der Waals surface area contributed by atoms with Crippen molar-refractivity contribution < 1.29 is 14.4 Å². The second-order valence-corrected chi connectivity index (χ2v) is 10.7. The maximum atomic E-state index is 13.4. The minimum absolute atomic E-state index is 0.00618. The summed E-state index contributed by atoms with van der Waals surface area (Å²) in [4.78, 5) is 49.5. The molecule has 10 heteroatoms. The Labute approximate surface area is 225 Å². The molecule has 2 aromatic rings. The quantitative estimate of drug-likeness (QED) is 0.552. The van der Waals surface area contributed by atoms with Crippen molar-refractivity contribution in [3.05, 3.63) is 64.7 Å². The number of amidine groups is 2. The molecule has 37 heavy (non-hydrogen) atoms. The molecule has 2 aromatic carbocycles. The predicted molar refractivity (Wildman–Crippen MR) is 146 cm³/mol. The van der Waals surface area contributed by atoms with Gasteiger partial charge in [0.15, 0.2) is 5.17 Å². The highest BCUT2D eigenvalue weighted by Gasteiger charge is 2.42. The zero-order chi connectivity index (χ0) is 25.8. The number of carbonyl (C=O) groups is 3. The third kappa shape index (κ3) is 5.88. The first-order valence-corrected chi connectivity index (χ1v) is 13.9. The molecule has 0 unspecified atom stereocenters. The van der Waals surface area contributed by atoms with Gasteiger partial charge in [-0.1, -0.05) is 73.0 Å². The maximum Gasteiger partial charge on any atom is 0.259 e. The molecule has 0 aromatic heterocycles. The molecular weight excluding hydrogens is 510 g/mol. The number of para-hydroxylation sites is 1. The van der Waals surface area contributed by atoms with Crippen LogP contribution in [0.4, 0.5) is 5.69 Å². The summed E-state index contributed by atoms with van der Waals surface area (Å²) >= 11 is 7.34. The SMILES string of the molecule is O=C(CSC1=Nc2ccccc2C2=N[C@H](CC(=O)NC3CCCCC3)C(=O)N12)NCc1ccccc1Cl. The molecule has 2 aliphatic heterocycles. The minimum Gasteiger partial charge on any atom is -0.353 e. The molecule has 8 nitrogen and oxygen atoms in total. The molecule has 1 atom stereocenters. The summed E-state index contributed by atoms with van der Waals surface area (Å²) in [7, 11) is 0. The van der Waals surface area contributed by atoms with Gasteiger partial charge in [-0.15, -0.1) is 0 Å². The molecule has 0 spiro atoms. The zero-order valence-electron chi connectivity index (χ0n) is 20.3. The number of nitrogens with one attached hydrogen (secondary N) is 2. The number of hydrogen-bond acceptors (Lipinski definition) is 6. The van der Waals surface area contributed by atoms with E-state index in [1.54, 1.807) is 6.07 Å². The summed E-state index contributed by atoms with van der Waals surface area (Å²) in [6.45, 7) is 0.307. The Morgan fingerprint density at radius 1 is 1.03 bits per heavy atom. The van der Waals surface area contributed by atoms with Crippen molar-refractivity contribution in [2.24, 2.45) is 9.98 Å². The van der Waals surface area contributed by atoms with Gasteiger partial charge in [-0.2, -0.15) is 0 Å². The number of amides is 3. The van der Waals surface area contributed by atoms with Crippen LogP contribution in [0.5, 0.6) is 0 Å². The minimum atomic E-state index is -0.815. The highest BCUT2D eigenvalue weighted by atomic mass is 35.5. The Morgan fingerprint density at radius 3 is 2.59 bits per heavy atom. The van der Waals surface area contributed by atoms with Gasteiger partial charge in [-0.3, -0.25) is 19.4 Å². The van der Waals surface area contributed by atoms with Gasteiger partial charge in [0.1, 0.15) is 11.9 Å². The van der Waals surface area contributed by atoms with Crippen molar-refractivity contribution in [1.82, 2.24) is 15.5 Å². The number of halogens is 1. The van der Waals surface area contributed by atoms with Crippen LogP contribution >= 0.6 is 23.4 Å². The molecule has 5 rings (SSSR count). The Bertz CT molecular complexity index is 1270. The predicted octanol–water partition coefficient (Wildman–Crippen LogP) is 4.19. The van der Waals surface area contributed by atoms with Crippen LogP contribution in [0.3, 0.4) is 0 Å². The first kappa shape index (κ1) is 25.5. The van der Waals surface area contributed by atoms with E-state index < -0.39 is 6.04 Å². The lowest BCUT2D eigenvalue weighted by atomic mass is 9.95. The van der Waals surface area contributed by atoms with Gasteiger partial charge in [0.2, 0.25) is 11.8 Å². The summed E-state index contributed by atoms with van der Waals surface area (Å²) in [5.74, 6) is -0.126. The van der Waals surface area contributed by atoms with Crippen molar-refractivity contribution in [1.29, 1.82) is 0 Å². The van der Waals surface area contributed by atoms with E-state index in [0.717, 1.165) is 36.8 Å². The topological polar surface area (TPSA) is 103 Å². The van der Waals surface area contributed by atoms with E-state index in [0.29, 0.717) is 28.3 Å². The molecule has 2 N–H and O–H groups in total. The summed E-state index contributed by atoms with van der Waals surface area (Å²) in [5, 5.41) is 6.90.